The van der Waals surface area contributed by atoms with Crippen LogP contribution in [0.1, 0.15) is 96.8 Å². The number of carbonyl (C=O) groups excluding carboxylic acids is 1. The Hall–Kier alpha value is -0.850. The fourth-order valence-electron chi connectivity index (χ4n) is 3.20. The van der Waals surface area contributed by atoms with Crippen molar-refractivity contribution in [2.75, 3.05) is 0 Å². The molecule has 1 aliphatic rings. The maximum absolute atomic E-state index is 11.3. The zero-order valence-corrected chi connectivity index (χ0v) is 14.7. The Morgan fingerprint density at radius 1 is 0.955 bits per heavy atom. The highest BCUT2D eigenvalue weighted by Gasteiger charge is 2.14. The van der Waals surface area contributed by atoms with E-state index in [0.717, 1.165) is 12.8 Å². The van der Waals surface area contributed by atoms with E-state index in [9.17, 15) is 4.79 Å². The van der Waals surface area contributed by atoms with E-state index in [2.05, 4.69) is 25.2 Å². The topological polar surface area (TPSA) is 17.1 Å². The van der Waals surface area contributed by atoms with Gasteiger partial charge in [0, 0.05) is 6.42 Å². The van der Waals surface area contributed by atoms with E-state index in [4.69, 9.17) is 0 Å². The molecule has 1 heteroatoms. The SMILES string of the molecule is CCCCCCC=CCCCCCCCC1CC=CC(=O)C1. The molecule has 0 fully saturated rings. The van der Waals surface area contributed by atoms with Crippen LogP contribution >= 0.6 is 0 Å². The monoisotopic (exact) mass is 304 g/mol. The Bertz CT molecular complexity index is 327. The van der Waals surface area contributed by atoms with E-state index in [1.54, 1.807) is 6.08 Å². The predicted octanol–water partition coefficient (Wildman–Crippen LogP) is 6.78. The molecule has 0 saturated heterocycles. The van der Waals surface area contributed by atoms with Crippen LogP contribution in [0.15, 0.2) is 24.3 Å². The van der Waals surface area contributed by atoms with Crippen molar-refractivity contribution in [1.29, 1.82) is 0 Å². The summed E-state index contributed by atoms with van der Waals surface area (Å²) in [5, 5.41) is 0. The second-order valence-electron chi connectivity index (χ2n) is 6.84. The molecule has 126 valence electrons. The minimum atomic E-state index is 0.331. The summed E-state index contributed by atoms with van der Waals surface area (Å²) in [5.41, 5.74) is 0. The standard InChI is InChI=1S/C21H36O/c1-2-3-4-5-6-7-8-9-10-11-12-13-14-16-20-17-15-18-21(22)19-20/h7-8,15,18,20H,2-6,9-14,16-17,19H2,1H3. The van der Waals surface area contributed by atoms with Gasteiger partial charge in [0.2, 0.25) is 0 Å². The highest BCUT2D eigenvalue weighted by atomic mass is 16.1. The lowest BCUT2D eigenvalue weighted by atomic mass is 9.89. The number of hydrogen-bond donors (Lipinski definition) is 0. The van der Waals surface area contributed by atoms with Crippen molar-refractivity contribution < 1.29 is 4.79 Å². The van der Waals surface area contributed by atoms with E-state index in [1.807, 2.05) is 0 Å². The molecule has 0 aromatic carbocycles. The maximum Gasteiger partial charge on any atom is 0.155 e. The lowest BCUT2D eigenvalue weighted by molar-refractivity contribution is -0.115. The van der Waals surface area contributed by atoms with Gasteiger partial charge in [-0.3, -0.25) is 4.79 Å². The third-order valence-electron chi connectivity index (χ3n) is 4.64. The Labute approximate surface area is 138 Å². The van der Waals surface area contributed by atoms with Gasteiger partial charge in [0.25, 0.3) is 0 Å². The van der Waals surface area contributed by atoms with Crippen LogP contribution in [-0.2, 0) is 4.79 Å². The van der Waals surface area contributed by atoms with Gasteiger partial charge in [-0.2, -0.15) is 0 Å². The van der Waals surface area contributed by atoms with E-state index < -0.39 is 0 Å². The normalized spacial score (nSPS) is 18.4. The van der Waals surface area contributed by atoms with Crippen molar-refractivity contribution in [2.45, 2.75) is 96.8 Å². The third-order valence-corrected chi connectivity index (χ3v) is 4.64. The molecule has 0 radical (unpaired) electrons. The summed E-state index contributed by atoms with van der Waals surface area (Å²) in [6.07, 6.45) is 26.5. The van der Waals surface area contributed by atoms with Crippen LogP contribution in [-0.4, -0.2) is 5.78 Å². The predicted molar refractivity (Wildman–Crippen MR) is 97.1 cm³/mol. The van der Waals surface area contributed by atoms with E-state index >= 15 is 0 Å². The maximum atomic E-state index is 11.3. The van der Waals surface area contributed by atoms with E-state index in [1.165, 1.54) is 77.0 Å². The highest BCUT2D eigenvalue weighted by molar-refractivity contribution is 5.90. The smallest absolute Gasteiger partial charge is 0.155 e. The Morgan fingerprint density at radius 3 is 2.27 bits per heavy atom. The number of carbonyl (C=O) groups is 1. The van der Waals surface area contributed by atoms with Gasteiger partial charge >= 0.3 is 0 Å². The van der Waals surface area contributed by atoms with Crippen molar-refractivity contribution in [3.05, 3.63) is 24.3 Å². The van der Waals surface area contributed by atoms with Gasteiger partial charge in [0.1, 0.15) is 0 Å². The summed E-state index contributed by atoms with van der Waals surface area (Å²) in [4.78, 5) is 11.3. The molecule has 0 aromatic heterocycles. The van der Waals surface area contributed by atoms with Crippen molar-refractivity contribution >= 4 is 5.78 Å². The molecule has 0 amide bonds. The largest absolute Gasteiger partial charge is 0.295 e. The summed E-state index contributed by atoms with van der Waals surface area (Å²) in [6, 6.07) is 0. The van der Waals surface area contributed by atoms with Crippen LogP contribution in [0.2, 0.25) is 0 Å². The molecule has 0 bridgehead atoms. The van der Waals surface area contributed by atoms with Crippen LogP contribution in [0.3, 0.4) is 0 Å². The second-order valence-corrected chi connectivity index (χ2v) is 6.84. The van der Waals surface area contributed by atoms with Crippen LogP contribution < -0.4 is 0 Å². The Kier molecular flexibility index (Phi) is 12.0. The minimum absolute atomic E-state index is 0.331. The van der Waals surface area contributed by atoms with Gasteiger partial charge in [0.05, 0.1) is 0 Å². The quantitative estimate of drug-likeness (QED) is 0.271. The fraction of sp³-hybridized carbons (Fsp3) is 0.762. The van der Waals surface area contributed by atoms with Crippen molar-refractivity contribution in [3.8, 4) is 0 Å². The molecule has 1 unspecified atom stereocenters. The first-order chi connectivity index (χ1) is 10.8. The van der Waals surface area contributed by atoms with Crippen LogP contribution in [0.5, 0.6) is 0 Å². The summed E-state index contributed by atoms with van der Waals surface area (Å²) in [5.74, 6) is 0.964. The molecular weight excluding hydrogens is 268 g/mol. The molecule has 0 heterocycles. The van der Waals surface area contributed by atoms with Crippen LogP contribution in [0.25, 0.3) is 0 Å². The zero-order chi connectivity index (χ0) is 15.9. The van der Waals surface area contributed by atoms with Crippen LogP contribution in [0.4, 0.5) is 0 Å². The van der Waals surface area contributed by atoms with Gasteiger partial charge < -0.3 is 0 Å². The van der Waals surface area contributed by atoms with E-state index in [-0.39, 0.29) is 0 Å². The van der Waals surface area contributed by atoms with Gasteiger partial charge in [0.15, 0.2) is 5.78 Å². The number of unbranched alkanes of at least 4 members (excludes halogenated alkanes) is 9. The molecule has 22 heavy (non-hydrogen) atoms. The average Bonchev–Trinajstić information content (AvgIpc) is 2.52. The number of rotatable bonds is 13. The molecule has 0 saturated carbocycles. The average molecular weight is 305 g/mol. The summed E-state index contributed by atoms with van der Waals surface area (Å²) in [7, 11) is 0. The molecule has 0 N–H and O–H groups in total. The molecule has 1 rings (SSSR count). The zero-order valence-electron chi connectivity index (χ0n) is 14.7. The van der Waals surface area contributed by atoms with Gasteiger partial charge in [-0.15, -0.1) is 0 Å². The van der Waals surface area contributed by atoms with Gasteiger partial charge in [-0.25, -0.2) is 0 Å². The molecule has 0 aliphatic heterocycles. The van der Waals surface area contributed by atoms with Crippen molar-refractivity contribution in [1.82, 2.24) is 0 Å². The minimum Gasteiger partial charge on any atom is -0.295 e. The summed E-state index contributed by atoms with van der Waals surface area (Å²) < 4.78 is 0. The fourth-order valence-corrected chi connectivity index (χ4v) is 3.20. The van der Waals surface area contributed by atoms with Crippen LogP contribution in [0, 0.1) is 5.92 Å². The first-order valence-electron chi connectivity index (χ1n) is 9.67. The van der Waals surface area contributed by atoms with E-state index in [0.29, 0.717) is 11.7 Å². The third kappa shape index (κ3) is 10.8. The molecule has 1 aliphatic carbocycles. The van der Waals surface area contributed by atoms with Crippen molar-refractivity contribution in [2.24, 2.45) is 5.92 Å². The molecular formula is C21H36O. The van der Waals surface area contributed by atoms with Crippen molar-refractivity contribution in [3.63, 3.8) is 0 Å². The second kappa shape index (κ2) is 13.8. The first kappa shape index (κ1) is 19.2. The first-order valence-corrected chi connectivity index (χ1v) is 9.67. The molecule has 0 spiro atoms. The Morgan fingerprint density at radius 2 is 1.59 bits per heavy atom. The lowest BCUT2D eigenvalue weighted by Gasteiger charge is -2.16. The number of ketones is 1. The number of hydrogen-bond acceptors (Lipinski definition) is 1. The summed E-state index contributed by atoms with van der Waals surface area (Å²) in [6.45, 7) is 2.27. The summed E-state index contributed by atoms with van der Waals surface area (Å²) >= 11 is 0. The van der Waals surface area contributed by atoms with Gasteiger partial charge in [-0.1, -0.05) is 70.1 Å². The lowest BCUT2D eigenvalue weighted by Crippen LogP contribution is -2.10. The highest BCUT2D eigenvalue weighted by Crippen LogP contribution is 2.22. The number of allylic oxidation sites excluding steroid dienone is 4. The molecule has 0 aromatic rings. The van der Waals surface area contributed by atoms with Gasteiger partial charge in [-0.05, 0) is 50.5 Å². The Balaban J connectivity index is 1.81. The molecule has 1 nitrogen and oxygen atoms in total. The molecule has 1 atom stereocenters.